The first-order valence-electron chi connectivity index (χ1n) is 9.56. The molecule has 1 aromatic carbocycles. The summed E-state index contributed by atoms with van der Waals surface area (Å²) < 4.78 is 7.91. The molecule has 1 saturated carbocycles. The van der Waals surface area contributed by atoms with E-state index in [9.17, 15) is 0 Å². The molecule has 0 saturated heterocycles. The minimum Gasteiger partial charge on any atom is -0.487 e. The number of nitrogens with two attached hydrogens (primary N) is 1. The second kappa shape index (κ2) is 6.80. The number of halogens is 1. The highest BCUT2D eigenvalue weighted by Crippen LogP contribution is 2.54. The van der Waals surface area contributed by atoms with Crippen LogP contribution in [0.1, 0.15) is 69.4 Å². The van der Waals surface area contributed by atoms with Crippen LogP contribution in [-0.2, 0) is 12.0 Å². The van der Waals surface area contributed by atoms with E-state index in [0.29, 0.717) is 0 Å². The Hall–Kier alpha value is -0.680. The van der Waals surface area contributed by atoms with E-state index in [-0.39, 0.29) is 11.1 Å². The molecule has 1 fully saturated rings. The fourth-order valence-electron chi connectivity index (χ4n) is 4.82. The van der Waals surface area contributed by atoms with Crippen molar-refractivity contribution in [1.82, 2.24) is 0 Å². The third kappa shape index (κ3) is 3.23. The average Bonchev–Trinajstić information content (AvgIpc) is 2.57. The lowest BCUT2D eigenvalue weighted by Gasteiger charge is -2.50. The quantitative estimate of drug-likeness (QED) is 0.680. The fourth-order valence-corrected chi connectivity index (χ4v) is 6.25. The first-order chi connectivity index (χ1) is 12.1. The Morgan fingerprint density at radius 1 is 1.24 bits per heavy atom. The van der Waals surface area contributed by atoms with Crippen LogP contribution < -0.4 is 10.5 Å². The second-order valence-corrected chi connectivity index (χ2v) is 9.76. The van der Waals surface area contributed by atoms with Crippen LogP contribution >= 0.6 is 27.7 Å². The highest BCUT2D eigenvalue weighted by molar-refractivity contribution is 9.10. The smallest absolute Gasteiger partial charge is 0.154 e. The number of thioether (sulfide) groups is 1. The summed E-state index contributed by atoms with van der Waals surface area (Å²) in [4.78, 5) is 5.04. The largest absolute Gasteiger partial charge is 0.487 e. The van der Waals surface area contributed by atoms with Gasteiger partial charge < -0.3 is 10.5 Å². The Labute approximate surface area is 163 Å². The minimum absolute atomic E-state index is 0.0473. The van der Waals surface area contributed by atoms with Gasteiger partial charge in [0, 0.05) is 22.2 Å². The summed E-state index contributed by atoms with van der Waals surface area (Å²) in [6.45, 7) is 2.22. The van der Waals surface area contributed by atoms with Crippen molar-refractivity contribution in [3.63, 3.8) is 0 Å². The lowest BCUT2D eigenvalue weighted by Crippen LogP contribution is -2.50. The van der Waals surface area contributed by atoms with Gasteiger partial charge in [-0.15, -0.1) is 0 Å². The number of rotatable bonds is 2. The van der Waals surface area contributed by atoms with Crippen molar-refractivity contribution in [1.29, 1.82) is 0 Å². The third-order valence-electron chi connectivity index (χ3n) is 5.96. The molecule has 3 nitrogen and oxygen atoms in total. The molecule has 0 bridgehead atoms. The number of hydrogen-bond donors (Lipinski definition) is 1. The number of ether oxygens (including phenoxy) is 1. The topological polar surface area (TPSA) is 47.6 Å². The van der Waals surface area contributed by atoms with Crippen molar-refractivity contribution in [3.05, 3.63) is 27.7 Å². The van der Waals surface area contributed by atoms with E-state index in [1.807, 2.05) is 0 Å². The standard InChI is InChI=1S/C20H27BrN2OS/c1-2-6-14-11-17-15(12-16(14)21)20(9-10-25-18(22)23-20)13-19(24-17)7-4-3-5-8-19/h11-12H,2-10,13H2,1H3,(H2,22,23). The molecule has 25 heavy (non-hydrogen) atoms. The molecule has 4 rings (SSSR count). The van der Waals surface area contributed by atoms with Gasteiger partial charge in [-0.1, -0.05) is 47.5 Å². The van der Waals surface area contributed by atoms with Gasteiger partial charge in [0.1, 0.15) is 11.4 Å². The number of aryl methyl sites for hydroxylation is 1. The highest BCUT2D eigenvalue weighted by atomic mass is 79.9. The Morgan fingerprint density at radius 2 is 2.04 bits per heavy atom. The molecular weight excluding hydrogens is 396 g/mol. The van der Waals surface area contributed by atoms with Crippen molar-refractivity contribution < 1.29 is 4.74 Å². The number of aliphatic imine (C=N–C) groups is 1. The van der Waals surface area contributed by atoms with Crippen molar-refractivity contribution in [2.45, 2.75) is 75.9 Å². The van der Waals surface area contributed by atoms with E-state index in [2.05, 4.69) is 35.0 Å². The fraction of sp³-hybridized carbons (Fsp3) is 0.650. The van der Waals surface area contributed by atoms with E-state index in [4.69, 9.17) is 15.5 Å². The summed E-state index contributed by atoms with van der Waals surface area (Å²) in [6, 6.07) is 4.54. The Morgan fingerprint density at radius 3 is 2.76 bits per heavy atom. The van der Waals surface area contributed by atoms with Gasteiger partial charge in [-0.25, -0.2) is 0 Å². The molecule has 2 aliphatic heterocycles. The first kappa shape index (κ1) is 17.7. The molecule has 2 heterocycles. The SMILES string of the molecule is CCCc1cc2c(cc1Br)C1(CCSC(N)=N1)CC1(CCCCC1)O2. The molecule has 5 heteroatoms. The van der Waals surface area contributed by atoms with Crippen LogP contribution in [0.25, 0.3) is 0 Å². The van der Waals surface area contributed by atoms with Gasteiger partial charge in [0.2, 0.25) is 0 Å². The van der Waals surface area contributed by atoms with Crippen molar-refractivity contribution in [3.8, 4) is 5.75 Å². The Balaban J connectivity index is 1.85. The minimum atomic E-state index is -0.201. The van der Waals surface area contributed by atoms with Crippen LogP contribution in [0, 0.1) is 0 Å². The van der Waals surface area contributed by atoms with Crippen LogP contribution in [0.15, 0.2) is 21.6 Å². The molecule has 1 unspecified atom stereocenters. The molecule has 0 radical (unpaired) electrons. The van der Waals surface area contributed by atoms with Crippen molar-refractivity contribution in [2.24, 2.45) is 10.7 Å². The number of fused-ring (bicyclic) bond motifs is 2. The molecule has 136 valence electrons. The maximum Gasteiger partial charge on any atom is 0.154 e. The average molecular weight is 423 g/mol. The lowest BCUT2D eigenvalue weighted by molar-refractivity contribution is -0.0184. The maximum absolute atomic E-state index is 6.73. The van der Waals surface area contributed by atoms with Gasteiger partial charge in [-0.2, -0.15) is 0 Å². The van der Waals surface area contributed by atoms with E-state index in [1.54, 1.807) is 11.8 Å². The zero-order valence-corrected chi connectivity index (χ0v) is 17.3. The molecule has 1 aromatic rings. The van der Waals surface area contributed by atoms with Gasteiger partial charge in [-0.3, -0.25) is 4.99 Å². The van der Waals surface area contributed by atoms with Crippen LogP contribution in [0.4, 0.5) is 0 Å². The molecule has 3 aliphatic rings. The van der Waals surface area contributed by atoms with Crippen molar-refractivity contribution in [2.75, 3.05) is 5.75 Å². The monoisotopic (exact) mass is 422 g/mol. The molecule has 2 N–H and O–H groups in total. The zero-order valence-electron chi connectivity index (χ0n) is 14.9. The molecule has 1 aliphatic carbocycles. The second-order valence-electron chi connectivity index (χ2n) is 7.79. The number of nitrogens with zero attached hydrogens (tertiary/aromatic N) is 1. The lowest BCUT2D eigenvalue weighted by atomic mass is 9.69. The van der Waals surface area contributed by atoms with Gasteiger partial charge in [0.15, 0.2) is 5.17 Å². The maximum atomic E-state index is 6.73. The summed E-state index contributed by atoms with van der Waals surface area (Å²) in [7, 11) is 0. The summed E-state index contributed by atoms with van der Waals surface area (Å²) in [5.74, 6) is 2.10. The van der Waals surface area contributed by atoms with E-state index < -0.39 is 0 Å². The van der Waals surface area contributed by atoms with Gasteiger partial charge >= 0.3 is 0 Å². The van der Waals surface area contributed by atoms with Crippen LogP contribution in [-0.4, -0.2) is 16.5 Å². The van der Waals surface area contributed by atoms with Crippen LogP contribution in [0.5, 0.6) is 5.75 Å². The first-order valence-corrected chi connectivity index (χ1v) is 11.3. The molecule has 0 amide bonds. The van der Waals surface area contributed by atoms with Gasteiger partial charge in [0.25, 0.3) is 0 Å². The van der Waals surface area contributed by atoms with E-state index in [1.165, 1.54) is 34.9 Å². The van der Waals surface area contributed by atoms with E-state index in [0.717, 1.165) is 55.2 Å². The van der Waals surface area contributed by atoms with Crippen LogP contribution in [0.3, 0.4) is 0 Å². The van der Waals surface area contributed by atoms with Gasteiger partial charge in [0.05, 0.1) is 5.54 Å². The number of amidine groups is 1. The van der Waals surface area contributed by atoms with Gasteiger partial charge in [-0.05, 0) is 56.2 Å². The molecule has 2 spiro atoms. The summed E-state index contributed by atoms with van der Waals surface area (Å²) in [5.41, 5.74) is 8.52. The molecule has 1 atom stereocenters. The summed E-state index contributed by atoms with van der Waals surface area (Å²) in [6.07, 6.45) is 10.4. The normalized spacial score (nSPS) is 27.7. The van der Waals surface area contributed by atoms with Crippen LogP contribution in [0.2, 0.25) is 0 Å². The molecule has 0 aromatic heterocycles. The summed E-state index contributed by atoms with van der Waals surface area (Å²) in [5, 5.41) is 0.735. The number of benzene rings is 1. The van der Waals surface area contributed by atoms with Crippen molar-refractivity contribution >= 4 is 32.9 Å². The molecular formula is C20H27BrN2OS. The third-order valence-corrected chi connectivity index (χ3v) is 7.50. The predicted octanol–water partition coefficient (Wildman–Crippen LogP) is 5.53. The number of hydrogen-bond acceptors (Lipinski definition) is 4. The van der Waals surface area contributed by atoms with E-state index >= 15 is 0 Å². The summed E-state index contributed by atoms with van der Waals surface area (Å²) >= 11 is 5.47. The zero-order chi connectivity index (χ0) is 17.5. The predicted molar refractivity (Wildman–Crippen MR) is 110 cm³/mol. The Kier molecular flexibility index (Phi) is 4.82. The Bertz CT molecular complexity index is 699. The highest BCUT2D eigenvalue weighted by Gasteiger charge is 2.51.